The number of aryl methyl sites for hydroxylation is 1. The zero-order valence-electron chi connectivity index (χ0n) is 10.4. The Morgan fingerprint density at radius 2 is 2.05 bits per heavy atom. The van der Waals surface area contributed by atoms with Crippen LogP contribution < -0.4 is 10.5 Å². The second kappa shape index (κ2) is 5.97. The first kappa shape index (κ1) is 13.7. The van der Waals surface area contributed by atoms with Gasteiger partial charge in [0.1, 0.15) is 23.2 Å². The number of hydrogen-bond donors (Lipinski definition) is 1. The van der Waals surface area contributed by atoms with Crippen molar-refractivity contribution in [3.8, 4) is 11.6 Å². The molecule has 0 aliphatic rings. The van der Waals surface area contributed by atoms with Gasteiger partial charge in [0.05, 0.1) is 0 Å². The average Bonchev–Trinajstić information content (AvgIpc) is 2.26. The van der Waals surface area contributed by atoms with Crippen LogP contribution in [0.4, 0.5) is 10.2 Å². The number of ether oxygens (including phenoxy) is 1. The Hall–Kier alpha value is -1.69. The van der Waals surface area contributed by atoms with Crippen LogP contribution in [0.15, 0.2) is 28.7 Å². The SMILES string of the molecule is CCCc1nc(N)cc(Oc2cc(F)cc(Br)c2)n1. The zero-order chi connectivity index (χ0) is 13.8. The van der Waals surface area contributed by atoms with E-state index < -0.39 is 0 Å². The van der Waals surface area contributed by atoms with Gasteiger partial charge in [-0.05, 0) is 18.6 Å². The van der Waals surface area contributed by atoms with Gasteiger partial charge in [0.15, 0.2) is 0 Å². The summed E-state index contributed by atoms with van der Waals surface area (Å²) in [6, 6.07) is 5.80. The summed E-state index contributed by atoms with van der Waals surface area (Å²) in [4.78, 5) is 8.33. The van der Waals surface area contributed by atoms with Gasteiger partial charge >= 0.3 is 0 Å². The first-order valence-corrected chi connectivity index (χ1v) is 6.63. The fourth-order valence-corrected chi connectivity index (χ4v) is 2.03. The van der Waals surface area contributed by atoms with Crippen molar-refractivity contribution in [2.24, 2.45) is 0 Å². The van der Waals surface area contributed by atoms with Gasteiger partial charge in [0, 0.05) is 23.0 Å². The van der Waals surface area contributed by atoms with Gasteiger partial charge in [-0.1, -0.05) is 22.9 Å². The van der Waals surface area contributed by atoms with E-state index in [1.807, 2.05) is 6.92 Å². The van der Waals surface area contributed by atoms with Gasteiger partial charge in [0.25, 0.3) is 0 Å². The number of benzene rings is 1. The highest BCUT2D eigenvalue weighted by molar-refractivity contribution is 9.10. The van der Waals surface area contributed by atoms with E-state index in [2.05, 4.69) is 25.9 Å². The van der Waals surface area contributed by atoms with E-state index in [4.69, 9.17) is 10.5 Å². The molecule has 0 amide bonds. The molecule has 0 saturated carbocycles. The summed E-state index contributed by atoms with van der Waals surface area (Å²) >= 11 is 3.20. The molecule has 0 fully saturated rings. The van der Waals surface area contributed by atoms with Crippen molar-refractivity contribution in [3.63, 3.8) is 0 Å². The highest BCUT2D eigenvalue weighted by Crippen LogP contribution is 2.25. The van der Waals surface area contributed by atoms with Crippen molar-refractivity contribution < 1.29 is 9.13 Å². The molecule has 0 saturated heterocycles. The topological polar surface area (TPSA) is 61.0 Å². The summed E-state index contributed by atoms with van der Waals surface area (Å²) < 4.78 is 19.3. The number of rotatable bonds is 4. The fourth-order valence-electron chi connectivity index (χ4n) is 1.59. The van der Waals surface area contributed by atoms with Crippen LogP contribution in [0.25, 0.3) is 0 Å². The summed E-state index contributed by atoms with van der Waals surface area (Å²) in [5, 5.41) is 0. The number of anilines is 1. The predicted octanol–water partition coefficient (Wildman–Crippen LogP) is 3.71. The lowest BCUT2D eigenvalue weighted by Crippen LogP contribution is -2.01. The minimum Gasteiger partial charge on any atom is -0.439 e. The summed E-state index contributed by atoms with van der Waals surface area (Å²) in [6.07, 6.45) is 1.63. The van der Waals surface area contributed by atoms with Crippen LogP contribution in [-0.2, 0) is 6.42 Å². The molecule has 2 N–H and O–H groups in total. The summed E-state index contributed by atoms with van der Waals surface area (Å²) in [5.41, 5.74) is 5.69. The molecule has 1 heterocycles. The highest BCUT2D eigenvalue weighted by Gasteiger charge is 2.06. The summed E-state index contributed by atoms with van der Waals surface area (Å²) in [5.74, 6) is 1.23. The Balaban J connectivity index is 2.27. The van der Waals surface area contributed by atoms with Crippen molar-refractivity contribution in [1.29, 1.82) is 0 Å². The van der Waals surface area contributed by atoms with Gasteiger partial charge in [0.2, 0.25) is 5.88 Å². The highest BCUT2D eigenvalue weighted by atomic mass is 79.9. The Bertz CT molecular complexity index is 572. The van der Waals surface area contributed by atoms with Gasteiger partial charge in [-0.15, -0.1) is 0 Å². The molecule has 0 aliphatic heterocycles. The Morgan fingerprint density at radius 1 is 1.26 bits per heavy atom. The number of nitrogen functional groups attached to an aromatic ring is 1. The van der Waals surface area contributed by atoms with E-state index in [1.165, 1.54) is 18.2 Å². The van der Waals surface area contributed by atoms with Crippen LogP contribution in [-0.4, -0.2) is 9.97 Å². The zero-order valence-corrected chi connectivity index (χ0v) is 11.9. The molecular weight excluding hydrogens is 313 g/mol. The molecule has 19 heavy (non-hydrogen) atoms. The lowest BCUT2D eigenvalue weighted by atomic mass is 10.3. The fraction of sp³-hybridized carbons (Fsp3) is 0.231. The first-order chi connectivity index (χ1) is 9.06. The van der Waals surface area contributed by atoms with Gasteiger partial charge < -0.3 is 10.5 Å². The van der Waals surface area contributed by atoms with Gasteiger partial charge in [-0.25, -0.2) is 9.37 Å². The summed E-state index contributed by atoms with van der Waals surface area (Å²) in [6.45, 7) is 2.02. The average molecular weight is 326 g/mol. The number of hydrogen-bond acceptors (Lipinski definition) is 4. The van der Waals surface area contributed by atoms with Crippen LogP contribution in [0.3, 0.4) is 0 Å². The number of nitrogens with two attached hydrogens (primary N) is 1. The van der Waals surface area contributed by atoms with Crippen molar-refractivity contribution >= 4 is 21.7 Å². The summed E-state index contributed by atoms with van der Waals surface area (Å²) in [7, 11) is 0. The third kappa shape index (κ3) is 3.89. The first-order valence-electron chi connectivity index (χ1n) is 5.84. The molecule has 100 valence electrons. The van der Waals surface area contributed by atoms with Crippen LogP contribution >= 0.6 is 15.9 Å². The molecule has 2 rings (SSSR count). The number of aromatic nitrogens is 2. The van der Waals surface area contributed by atoms with Crippen molar-refractivity contribution in [3.05, 3.63) is 40.4 Å². The minimum absolute atomic E-state index is 0.313. The third-order valence-corrected chi connectivity index (χ3v) is 2.76. The molecule has 0 spiro atoms. The Kier molecular flexibility index (Phi) is 4.31. The molecule has 0 radical (unpaired) electrons. The van der Waals surface area contributed by atoms with E-state index in [9.17, 15) is 4.39 Å². The van der Waals surface area contributed by atoms with Crippen LogP contribution in [0.1, 0.15) is 19.2 Å². The molecule has 1 aromatic heterocycles. The monoisotopic (exact) mass is 325 g/mol. The molecular formula is C13H13BrFN3O. The quantitative estimate of drug-likeness (QED) is 0.930. The molecule has 2 aromatic rings. The molecule has 4 nitrogen and oxygen atoms in total. The molecule has 0 aliphatic carbocycles. The second-order valence-electron chi connectivity index (χ2n) is 4.00. The maximum atomic E-state index is 13.2. The second-order valence-corrected chi connectivity index (χ2v) is 4.92. The van der Waals surface area contributed by atoms with Crippen LogP contribution in [0, 0.1) is 5.82 Å². The molecule has 1 aromatic carbocycles. The van der Waals surface area contributed by atoms with E-state index in [0.29, 0.717) is 34.2 Å². The molecule has 0 bridgehead atoms. The third-order valence-electron chi connectivity index (χ3n) is 2.30. The van der Waals surface area contributed by atoms with E-state index >= 15 is 0 Å². The lowest BCUT2D eigenvalue weighted by molar-refractivity contribution is 0.454. The maximum absolute atomic E-state index is 13.2. The van der Waals surface area contributed by atoms with Gasteiger partial charge in [-0.2, -0.15) is 4.98 Å². The lowest BCUT2D eigenvalue weighted by Gasteiger charge is -2.07. The van der Waals surface area contributed by atoms with Crippen LogP contribution in [0.5, 0.6) is 11.6 Å². The maximum Gasteiger partial charge on any atom is 0.224 e. The van der Waals surface area contributed by atoms with Gasteiger partial charge in [-0.3, -0.25) is 0 Å². The molecule has 6 heteroatoms. The standard InChI is InChI=1S/C13H13BrFN3O/c1-2-3-12-17-11(16)7-13(18-12)19-10-5-8(14)4-9(15)6-10/h4-7H,2-3H2,1H3,(H2,16,17,18). The van der Waals surface area contributed by atoms with Crippen molar-refractivity contribution in [2.75, 3.05) is 5.73 Å². The number of halogens is 2. The Morgan fingerprint density at radius 3 is 2.74 bits per heavy atom. The van der Waals surface area contributed by atoms with Crippen molar-refractivity contribution in [2.45, 2.75) is 19.8 Å². The van der Waals surface area contributed by atoms with E-state index in [0.717, 1.165) is 6.42 Å². The van der Waals surface area contributed by atoms with E-state index in [1.54, 1.807) is 6.07 Å². The largest absolute Gasteiger partial charge is 0.439 e. The molecule has 0 atom stereocenters. The molecule has 0 unspecified atom stereocenters. The minimum atomic E-state index is -0.389. The smallest absolute Gasteiger partial charge is 0.224 e. The predicted molar refractivity (Wildman–Crippen MR) is 74.6 cm³/mol. The number of nitrogens with zero attached hydrogens (tertiary/aromatic N) is 2. The van der Waals surface area contributed by atoms with Crippen molar-refractivity contribution in [1.82, 2.24) is 9.97 Å². The normalized spacial score (nSPS) is 10.5. The van der Waals surface area contributed by atoms with E-state index in [-0.39, 0.29) is 5.82 Å². The Labute approximate surface area is 119 Å². The van der Waals surface area contributed by atoms with Crippen LogP contribution in [0.2, 0.25) is 0 Å².